The molecule has 0 spiro atoms. The van der Waals surface area contributed by atoms with Crippen LogP contribution in [0.1, 0.15) is 25.7 Å². The first-order valence-corrected chi connectivity index (χ1v) is 11.8. The monoisotopic (exact) mass is 431 g/mol. The zero-order chi connectivity index (χ0) is 21.1. The van der Waals surface area contributed by atoms with Crippen molar-refractivity contribution in [3.8, 4) is 11.3 Å². The molecule has 0 aliphatic heterocycles. The van der Waals surface area contributed by atoms with Crippen molar-refractivity contribution in [1.82, 2.24) is 19.5 Å². The Bertz CT molecular complexity index is 1120. The number of hydrogen-bond donors (Lipinski definition) is 2. The van der Waals surface area contributed by atoms with E-state index in [-0.39, 0.29) is 18.8 Å². The summed E-state index contributed by atoms with van der Waals surface area (Å²) in [6.07, 6.45) is 9.49. The van der Waals surface area contributed by atoms with Crippen LogP contribution in [-0.2, 0) is 20.8 Å². The number of aliphatic hydroxyl groups excluding tert-OH is 1. The molecule has 1 fully saturated rings. The quantitative estimate of drug-likeness (QED) is 0.547. The van der Waals surface area contributed by atoms with Gasteiger partial charge in [0.25, 0.3) is 10.1 Å². The van der Waals surface area contributed by atoms with E-state index in [1.807, 2.05) is 29.0 Å². The Morgan fingerprint density at radius 3 is 2.77 bits per heavy atom. The van der Waals surface area contributed by atoms with Crippen LogP contribution in [0.4, 0.5) is 5.95 Å². The standard InChI is InChI=1S/C20H25N5O4S/c1-30(27,28)29-12-11-25-13-17(16-3-2-9-21-19(16)25)18-8-10-22-20(24-18)23-14-4-6-15(26)7-5-14/h2-3,8-10,13-15,26H,4-7,11-12H2,1H3,(H,22,23,24). The van der Waals surface area contributed by atoms with Gasteiger partial charge >= 0.3 is 0 Å². The van der Waals surface area contributed by atoms with Crippen LogP contribution < -0.4 is 5.32 Å². The van der Waals surface area contributed by atoms with Gasteiger partial charge < -0.3 is 15.0 Å². The highest BCUT2D eigenvalue weighted by Gasteiger charge is 2.20. The van der Waals surface area contributed by atoms with Gasteiger partial charge in [-0.25, -0.2) is 15.0 Å². The van der Waals surface area contributed by atoms with E-state index in [9.17, 15) is 13.5 Å². The average Bonchev–Trinajstić information content (AvgIpc) is 3.08. The van der Waals surface area contributed by atoms with Crippen LogP contribution >= 0.6 is 0 Å². The maximum absolute atomic E-state index is 11.2. The molecule has 9 nitrogen and oxygen atoms in total. The highest BCUT2D eigenvalue weighted by atomic mass is 32.2. The number of aromatic nitrogens is 4. The van der Waals surface area contributed by atoms with Gasteiger partial charge in [0.1, 0.15) is 5.65 Å². The molecule has 30 heavy (non-hydrogen) atoms. The van der Waals surface area contributed by atoms with E-state index in [2.05, 4.69) is 20.3 Å². The number of nitrogens with zero attached hydrogens (tertiary/aromatic N) is 4. The molecule has 1 saturated carbocycles. The molecule has 3 heterocycles. The summed E-state index contributed by atoms with van der Waals surface area (Å²) < 4.78 is 29.2. The summed E-state index contributed by atoms with van der Waals surface area (Å²) in [6, 6.07) is 5.91. The summed E-state index contributed by atoms with van der Waals surface area (Å²) in [5.74, 6) is 0.555. The summed E-state index contributed by atoms with van der Waals surface area (Å²) in [7, 11) is -3.49. The van der Waals surface area contributed by atoms with Crippen LogP contribution in [0.2, 0.25) is 0 Å². The predicted octanol–water partition coefficient (Wildman–Crippen LogP) is 2.18. The fourth-order valence-corrected chi connectivity index (χ4v) is 4.14. The van der Waals surface area contributed by atoms with E-state index in [1.165, 1.54) is 0 Å². The molecule has 0 unspecified atom stereocenters. The van der Waals surface area contributed by atoms with Crippen LogP contribution in [0.15, 0.2) is 36.8 Å². The van der Waals surface area contributed by atoms with Crippen LogP contribution in [0.25, 0.3) is 22.3 Å². The zero-order valence-corrected chi connectivity index (χ0v) is 17.5. The highest BCUT2D eigenvalue weighted by Crippen LogP contribution is 2.29. The summed E-state index contributed by atoms with van der Waals surface area (Å²) in [4.78, 5) is 13.5. The maximum Gasteiger partial charge on any atom is 0.264 e. The lowest BCUT2D eigenvalue weighted by atomic mass is 9.93. The minimum Gasteiger partial charge on any atom is -0.393 e. The third-order valence-electron chi connectivity index (χ3n) is 5.22. The SMILES string of the molecule is CS(=O)(=O)OCCn1cc(-c2ccnc(NC3CCC(O)CC3)n2)c2cccnc21. The average molecular weight is 432 g/mol. The van der Waals surface area contributed by atoms with E-state index in [1.54, 1.807) is 12.4 Å². The third kappa shape index (κ3) is 4.94. The summed E-state index contributed by atoms with van der Waals surface area (Å²) in [5.41, 5.74) is 2.38. The van der Waals surface area contributed by atoms with Crippen LogP contribution in [0.3, 0.4) is 0 Å². The summed E-state index contributed by atoms with van der Waals surface area (Å²) in [5, 5.41) is 14.0. The highest BCUT2D eigenvalue weighted by molar-refractivity contribution is 7.85. The van der Waals surface area contributed by atoms with Crippen molar-refractivity contribution in [2.45, 2.75) is 44.4 Å². The number of anilines is 1. The van der Waals surface area contributed by atoms with Crippen molar-refractivity contribution in [3.05, 3.63) is 36.8 Å². The van der Waals surface area contributed by atoms with Gasteiger partial charge in [0.15, 0.2) is 0 Å². The molecule has 0 saturated heterocycles. The minimum absolute atomic E-state index is 0.0305. The largest absolute Gasteiger partial charge is 0.393 e. The molecule has 1 aliphatic carbocycles. The van der Waals surface area contributed by atoms with Crippen molar-refractivity contribution >= 4 is 27.1 Å². The van der Waals surface area contributed by atoms with Gasteiger partial charge in [-0.3, -0.25) is 4.18 Å². The lowest BCUT2D eigenvalue weighted by molar-refractivity contribution is 0.126. The lowest BCUT2D eigenvalue weighted by Crippen LogP contribution is -2.28. The van der Waals surface area contributed by atoms with Crippen LogP contribution in [0, 0.1) is 0 Å². The molecule has 4 rings (SSSR count). The van der Waals surface area contributed by atoms with Gasteiger partial charge in [-0.2, -0.15) is 8.42 Å². The van der Waals surface area contributed by atoms with Crippen molar-refractivity contribution in [2.24, 2.45) is 0 Å². The Morgan fingerprint density at radius 2 is 2.00 bits per heavy atom. The maximum atomic E-state index is 11.2. The molecule has 1 aliphatic rings. The number of nitrogens with one attached hydrogen (secondary N) is 1. The first-order valence-electron chi connectivity index (χ1n) is 9.95. The van der Waals surface area contributed by atoms with Crippen molar-refractivity contribution in [3.63, 3.8) is 0 Å². The molecule has 0 radical (unpaired) electrons. The first-order chi connectivity index (χ1) is 14.4. The Morgan fingerprint density at radius 1 is 1.20 bits per heavy atom. The van der Waals surface area contributed by atoms with Gasteiger partial charge in [0.05, 0.1) is 24.7 Å². The third-order valence-corrected chi connectivity index (χ3v) is 5.82. The zero-order valence-electron chi connectivity index (χ0n) is 16.7. The van der Waals surface area contributed by atoms with E-state index >= 15 is 0 Å². The molecule has 160 valence electrons. The second-order valence-electron chi connectivity index (χ2n) is 7.55. The molecule has 10 heteroatoms. The van der Waals surface area contributed by atoms with E-state index < -0.39 is 10.1 Å². The Hall–Kier alpha value is -2.56. The number of aliphatic hydroxyl groups is 1. The number of hydrogen-bond acceptors (Lipinski definition) is 8. The Balaban J connectivity index is 1.58. The van der Waals surface area contributed by atoms with Gasteiger partial charge in [-0.15, -0.1) is 0 Å². The van der Waals surface area contributed by atoms with E-state index in [4.69, 9.17) is 4.18 Å². The topological polar surface area (TPSA) is 119 Å². The van der Waals surface area contributed by atoms with Gasteiger partial charge in [0.2, 0.25) is 5.95 Å². The smallest absolute Gasteiger partial charge is 0.264 e. The number of pyridine rings is 1. The lowest BCUT2D eigenvalue weighted by Gasteiger charge is -2.26. The normalized spacial score (nSPS) is 19.8. The van der Waals surface area contributed by atoms with Crippen molar-refractivity contribution in [2.75, 3.05) is 18.2 Å². The van der Waals surface area contributed by atoms with E-state index in [0.717, 1.165) is 54.2 Å². The summed E-state index contributed by atoms with van der Waals surface area (Å²) >= 11 is 0. The molecule has 0 amide bonds. The molecule has 0 atom stereocenters. The second-order valence-corrected chi connectivity index (χ2v) is 9.20. The van der Waals surface area contributed by atoms with Crippen molar-refractivity contribution < 1.29 is 17.7 Å². The minimum atomic E-state index is -3.49. The van der Waals surface area contributed by atoms with Crippen molar-refractivity contribution in [1.29, 1.82) is 0 Å². The fraction of sp³-hybridized carbons (Fsp3) is 0.450. The van der Waals surface area contributed by atoms with E-state index in [0.29, 0.717) is 12.5 Å². The molecule has 3 aromatic rings. The molecule has 0 bridgehead atoms. The number of fused-ring (bicyclic) bond motifs is 1. The fourth-order valence-electron chi connectivity index (χ4n) is 3.77. The summed E-state index contributed by atoms with van der Waals surface area (Å²) in [6.45, 7) is 0.379. The Labute approximate surface area is 175 Å². The van der Waals surface area contributed by atoms with Crippen LogP contribution in [-0.4, -0.2) is 58.1 Å². The van der Waals surface area contributed by atoms with Crippen LogP contribution in [0.5, 0.6) is 0 Å². The molecule has 2 N–H and O–H groups in total. The first kappa shape index (κ1) is 20.7. The number of rotatable bonds is 7. The van der Waals surface area contributed by atoms with Gasteiger partial charge in [-0.05, 0) is 43.9 Å². The second kappa shape index (κ2) is 8.66. The molecular weight excluding hydrogens is 406 g/mol. The Kier molecular flexibility index (Phi) is 5.98. The molecule has 0 aromatic carbocycles. The molecule has 3 aromatic heterocycles. The van der Waals surface area contributed by atoms with Gasteiger partial charge in [0, 0.05) is 42.1 Å². The molecular formula is C20H25N5O4S. The van der Waals surface area contributed by atoms with Gasteiger partial charge in [-0.1, -0.05) is 0 Å². The predicted molar refractivity (Wildman–Crippen MR) is 113 cm³/mol.